The molecule has 1 aliphatic heterocycles. The number of hydrogen-bond donors (Lipinski definition) is 3. The number of nitrogens with one attached hydrogen (secondary N) is 1. The molecule has 108 valence electrons. The zero-order valence-corrected chi connectivity index (χ0v) is 12.3. The molecule has 1 saturated heterocycles. The van der Waals surface area contributed by atoms with Gasteiger partial charge in [0, 0.05) is 31.3 Å². The number of hydrogen-bond acceptors (Lipinski definition) is 4. The Hall–Kier alpha value is -0.160. The molecular weight excluding hydrogens is 226 g/mol. The Labute approximate surface area is 112 Å². The highest BCUT2D eigenvalue weighted by molar-refractivity contribution is 4.95. The van der Waals surface area contributed by atoms with Gasteiger partial charge in [-0.25, -0.2) is 0 Å². The maximum atomic E-state index is 8.98. The molecule has 0 aromatic rings. The van der Waals surface area contributed by atoms with Crippen molar-refractivity contribution in [2.24, 2.45) is 11.7 Å². The molecule has 1 fully saturated rings. The monoisotopic (exact) mass is 257 g/mol. The molecule has 0 aliphatic carbocycles. The molecule has 0 amide bonds. The number of nitrogens with two attached hydrogens (primary N) is 1. The zero-order valence-electron chi connectivity index (χ0n) is 12.3. The van der Waals surface area contributed by atoms with E-state index in [-0.39, 0.29) is 12.1 Å². The van der Waals surface area contributed by atoms with Crippen molar-refractivity contribution in [1.82, 2.24) is 10.2 Å². The molecule has 0 saturated carbocycles. The third-order valence-corrected chi connectivity index (χ3v) is 3.94. The molecule has 1 unspecified atom stereocenters. The Morgan fingerprint density at radius 3 is 2.33 bits per heavy atom. The van der Waals surface area contributed by atoms with E-state index < -0.39 is 0 Å². The van der Waals surface area contributed by atoms with E-state index in [9.17, 15) is 0 Å². The van der Waals surface area contributed by atoms with E-state index >= 15 is 0 Å². The van der Waals surface area contributed by atoms with Crippen molar-refractivity contribution < 1.29 is 5.11 Å². The summed E-state index contributed by atoms with van der Waals surface area (Å²) in [5, 5.41) is 12.6. The van der Waals surface area contributed by atoms with Crippen LogP contribution in [0.4, 0.5) is 0 Å². The largest absolute Gasteiger partial charge is 0.396 e. The lowest BCUT2D eigenvalue weighted by Gasteiger charge is -2.44. The van der Waals surface area contributed by atoms with Gasteiger partial charge in [0.2, 0.25) is 0 Å². The number of aliphatic hydroxyl groups is 1. The first-order valence-electron chi connectivity index (χ1n) is 7.32. The summed E-state index contributed by atoms with van der Waals surface area (Å²) in [6, 6.07) is 0.343. The van der Waals surface area contributed by atoms with Crippen LogP contribution in [0.1, 0.15) is 40.0 Å². The second kappa shape index (κ2) is 7.43. The molecule has 0 spiro atoms. The first kappa shape index (κ1) is 15.9. The van der Waals surface area contributed by atoms with Crippen molar-refractivity contribution in [3.05, 3.63) is 0 Å². The summed E-state index contributed by atoms with van der Waals surface area (Å²) in [6.45, 7) is 11.1. The average molecular weight is 257 g/mol. The minimum absolute atomic E-state index is 0.0854. The van der Waals surface area contributed by atoms with E-state index in [1.807, 2.05) is 0 Å². The lowest BCUT2D eigenvalue weighted by Crippen LogP contribution is -2.60. The van der Waals surface area contributed by atoms with E-state index in [4.69, 9.17) is 10.8 Å². The lowest BCUT2D eigenvalue weighted by atomic mass is 9.86. The predicted octanol–water partition coefficient (Wildman–Crippen LogP) is 0.796. The molecule has 4 N–H and O–H groups in total. The van der Waals surface area contributed by atoms with Gasteiger partial charge in [0.15, 0.2) is 0 Å². The van der Waals surface area contributed by atoms with Gasteiger partial charge in [-0.15, -0.1) is 0 Å². The van der Waals surface area contributed by atoms with E-state index in [1.165, 1.54) is 6.54 Å². The smallest absolute Gasteiger partial charge is 0.0445 e. The fourth-order valence-electron chi connectivity index (χ4n) is 2.88. The highest BCUT2D eigenvalue weighted by atomic mass is 16.3. The molecule has 18 heavy (non-hydrogen) atoms. The lowest BCUT2D eigenvalue weighted by molar-refractivity contribution is 0.116. The quantitative estimate of drug-likeness (QED) is 0.631. The predicted molar refractivity (Wildman–Crippen MR) is 76.6 cm³/mol. The molecule has 1 atom stereocenters. The fourth-order valence-corrected chi connectivity index (χ4v) is 2.88. The van der Waals surface area contributed by atoms with Gasteiger partial charge in [-0.3, -0.25) is 0 Å². The Morgan fingerprint density at radius 2 is 1.89 bits per heavy atom. The van der Waals surface area contributed by atoms with Crippen molar-refractivity contribution in [3.63, 3.8) is 0 Å². The molecule has 0 aromatic heterocycles. The summed E-state index contributed by atoms with van der Waals surface area (Å²) < 4.78 is 0. The Kier molecular flexibility index (Phi) is 6.57. The molecule has 1 aliphatic rings. The summed E-state index contributed by atoms with van der Waals surface area (Å²) in [5.74, 6) is 0.733. The van der Waals surface area contributed by atoms with Crippen LogP contribution in [-0.2, 0) is 0 Å². The number of likely N-dealkylation sites (tertiary alicyclic amines) is 1. The maximum absolute atomic E-state index is 8.98. The summed E-state index contributed by atoms with van der Waals surface area (Å²) in [7, 11) is 0. The standard InChI is InChI=1S/C14H31N3O/c1-12(2)10-17-7-5-14(11-15,6-8-17)16-13(3)4-9-18/h12-13,16,18H,4-11,15H2,1-3H3. The molecule has 0 bridgehead atoms. The van der Waals surface area contributed by atoms with Gasteiger partial charge in [-0.1, -0.05) is 13.8 Å². The van der Waals surface area contributed by atoms with Crippen LogP contribution in [0.25, 0.3) is 0 Å². The van der Waals surface area contributed by atoms with Gasteiger partial charge in [0.25, 0.3) is 0 Å². The molecule has 0 aromatic carbocycles. The molecular formula is C14H31N3O. The van der Waals surface area contributed by atoms with Crippen LogP contribution in [-0.4, -0.2) is 54.4 Å². The highest BCUT2D eigenvalue weighted by Gasteiger charge is 2.34. The van der Waals surface area contributed by atoms with Crippen LogP contribution in [0.2, 0.25) is 0 Å². The Bertz CT molecular complexity index is 225. The van der Waals surface area contributed by atoms with Crippen LogP contribution in [0.5, 0.6) is 0 Å². The zero-order chi connectivity index (χ0) is 13.6. The van der Waals surface area contributed by atoms with E-state index in [2.05, 4.69) is 31.0 Å². The first-order chi connectivity index (χ1) is 8.51. The van der Waals surface area contributed by atoms with Crippen LogP contribution < -0.4 is 11.1 Å². The third-order valence-electron chi connectivity index (χ3n) is 3.94. The van der Waals surface area contributed by atoms with Crippen molar-refractivity contribution in [2.45, 2.75) is 51.6 Å². The number of rotatable bonds is 7. The highest BCUT2D eigenvalue weighted by Crippen LogP contribution is 2.23. The fraction of sp³-hybridized carbons (Fsp3) is 1.00. The van der Waals surface area contributed by atoms with E-state index in [0.29, 0.717) is 12.6 Å². The second-order valence-corrected chi connectivity index (χ2v) is 6.24. The molecule has 4 heteroatoms. The minimum Gasteiger partial charge on any atom is -0.396 e. The third kappa shape index (κ3) is 4.84. The van der Waals surface area contributed by atoms with Gasteiger partial charge >= 0.3 is 0 Å². The molecule has 1 heterocycles. The van der Waals surface area contributed by atoms with Gasteiger partial charge in [0.1, 0.15) is 0 Å². The molecule has 1 rings (SSSR count). The summed E-state index contributed by atoms with van der Waals surface area (Å²) >= 11 is 0. The van der Waals surface area contributed by atoms with Gasteiger partial charge in [-0.2, -0.15) is 0 Å². The molecule has 0 radical (unpaired) electrons. The van der Waals surface area contributed by atoms with Crippen LogP contribution >= 0.6 is 0 Å². The molecule has 4 nitrogen and oxygen atoms in total. The summed E-state index contributed by atoms with van der Waals surface area (Å²) in [4.78, 5) is 2.54. The minimum atomic E-state index is 0.0854. The van der Waals surface area contributed by atoms with E-state index in [1.54, 1.807) is 0 Å². The van der Waals surface area contributed by atoms with Crippen LogP contribution in [0, 0.1) is 5.92 Å². The topological polar surface area (TPSA) is 61.5 Å². The van der Waals surface area contributed by atoms with Crippen molar-refractivity contribution >= 4 is 0 Å². The Balaban J connectivity index is 2.44. The number of aliphatic hydroxyl groups excluding tert-OH is 1. The van der Waals surface area contributed by atoms with E-state index in [0.717, 1.165) is 38.3 Å². The average Bonchev–Trinajstić information content (AvgIpc) is 2.31. The van der Waals surface area contributed by atoms with Crippen molar-refractivity contribution in [2.75, 3.05) is 32.8 Å². The number of nitrogens with zero attached hydrogens (tertiary/aromatic N) is 1. The first-order valence-corrected chi connectivity index (χ1v) is 7.32. The summed E-state index contributed by atoms with van der Waals surface area (Å²) in [5.41, 5.74) is 6.07. The van der Waals surface area contributed by atoms with Gasteiger partial charge in [0.05, 0.1) is 0 Å². The van der Waals surface area contributed by atoms with Crippen molar-refractivity contribution in [3.8, 4) is 0 Å². The maximum Gasteiger partial charge on any atom is 0.0445 e. The van der Waals surface area contributed by atoms with Gasteiger partial charge < -0.3 is 21.1 Å². The second-order valence-electron chi connectivity index (χ2n) is 6.24. The summed E-state index contributed by atoms with van der Waals surface area (Å²) in [6.07, 6.45) is 3.04. The Morgan fingerprint density at radius 1 is 1.28 bits per heavy atom. The van der Waals surface area contributed by atoms with Crippen molar-refractivity contribution in [1.29, 1.82) is 0 Å². The van der Waals surface area contributed by atoms with Crippen LogP contribution in [0.15, 0.2) is 0 Å². The SMILES string of the molecule is CC(C)CN1CCC(CN)(NC(C)CCO)CC1. The normalized spacial score (nSPS) is 22.3. The van der Waals surface area contributed by atoms with Gasteiger partial charge in [-0.05, 0) is 45.2 Å². The van der Waals surface area contributed by atoms with Crippen LogP contribution in [0.3, 0.4) is 0 Å². The number of piperidine rings is 1.